The second kappa shape index (κ2) is 5.07. The molecule has 1 aromatic rings. The SMILES string of the molecule is NS(=O)(=O)c1cc2c(cc1C(F)(F)F)NC1(CCCC1)NS2(=O)=O. The number of halogens is 3. The maximum Gasteiger partial charge on any atom is 0.417 e. The van der Waals surface area contributed by atoms with E-state index in [0.717, 1.165) is 0 Å². The minimum atomic E-state index is -5.00. The molecule has 134 valence electrons. The van der Waals surface area contributed by atoms with Crippen molar-refractivity contribution in [1.29, 1.82) is 0 Å². The Labute approximate surface area is 136 Å². The summed E-state index contributed by atoms with van der Waals surface area (Å²) in [4.78, 5) is -1.85. The fourth-order valence-electron chi connectivity index (χ4n) is 3.14. The highest BCUT2D eigenvalue weighted by molar-refractivity contribution is 7.90. The first-order valence-corrected chi connectivity index (χ1v) is 9.97. The molecule has 0 unspecified atom stereocenters. The molecule has 1 aliphatic heterocycles. The molecular weight excluding hydrogens is 371 g/mol. The molecule has 0 aromatic heterocycles. The van der Waals surface area contributed by atoms with Crippen LogP contribution in [0, 0.1) is 0 Å². The molecule has 0 amide bonds. The van der Waals surface area contributed by atoms with E-state index in [9.17, 15) is 30.0 Å². The molecule has 1 heterocycles. The van der Waals surface area contributed by atoms with E-state index in [1.807, 2.05) is 0 Å². The van der Waals surface area contributed by atoms with Crippen molar-refractivity contribution in [3.05, 3.63) is 17.7 Å². The lowest BCUT2D eigenvalue weighted by molar-refractivity contribution is -0.139. The van der Waals surface area contributed by atoms with Gasteiger partial charge in [0.2, 0.25) is 20.0 Å². The maximum absolute atomic E-state index is 13.2. The molecule has 2 aliphatic rings. The van der Waals surface area contributed by atoms with Crippen molar-refractivity contribution < 1.29 is 30.0 Å². The van der Waals surface area contributed by atoms with Gasteiger partial charge in [0.15, 0.2) is 0 Å². The van der Waals surface area contributed by atoms with Gasteiger partial charge in [0.25, 0.3) is 0 Å². The standard InChI is InChI=1S/C12H14F3N3O4S2/c13-12(14,15)7-5-8-10(6-9(7)23(16,19)20)24(21,22)18-11(17-8)3-1-2-4-11/h5-6,17-18H,1-4H2,(H2,16,19,20). The second-order valence-corrected chi connectivity index (χ2v) is 9.09. The minimum Gasteiger partial charge on any atom is -0.365 e. The summed E-state index contributed by atoms with van der Waals surface area (Å²) in [7, 11) is -8.95. The Balaban J connectivity index is 2.28. The molecule has 0 atom stereocenters. The van der Waals surface area contributed by atoms with E-state index in [-0.39, 0.29) is 5.69 Å². The third-order valence-electron chi connectivity index (χ3n) is 4.14. The molecule has 0 saturated heterocycles. The number of primary sulfonamides is 1. The number of sulfonamides is 2. The Morgan fingerprint density at radius 3 is 2.25 bits per heavy atom. The first kappa shape index (κ1) is 17.5. The highest BCUT2D eigenvalue weighted by Gasteiger charge is 2.45. The normalized spacial score (nSPS) is 22.2. The molecule has 24 heavy (non-hydrogen) atoms. The van der Waals surface area contributed by atoms with Crippen LogP contribution in [0.5, 0.6) is 0 Å². The Hall–Kier alpha value is -1.37. The number of hydrogen-bond donors (Lipinski definition) is 3. The lowest BCUT2D eigenvalue weighted by Gasteiger charge is -2.37. The van der Waals surface area contributed by atoms with Gasteiger partial charge in [-0.25, -0.2) is 22.0 Å². The molecule has 12 heteroatoms. The first-order chi connectivity index (χ1) is 10.8. The van der Waals surface area contributed by atoms with Crippen LogP contribution in [-0.4, -0.2) is 22.5 Å². The van der Waals surface area contributed by atoms with E-state index in [1.165, 1.54) is 0 Å². The molecule has 1 spiro atoms. The van der Waals surface area contributed by atoms with E-state index < -0.39 is 47.2 Å². The predicted octanol–water partition coefficient (Wildman–Crippen LogP) is 1.33. The zero-order valence-corrected chi connectivity index (χ0v) is 13.8. The smallest absolute Gasteiger partial charge is 0.365 e. The number of alkyl halides is 3. The summed E-state index contributed by atoms with van der Waals surface area (Å²) in [6.45, 7) is 0. The molecular formula is C12H14F3N3O4S2. The van der Waals surface area contributed by atoms with E-state index in [4.69, 9.17) is 5.14 Å². The third kappa shape index (κ3) is 2.87. The van der Waals surface area contributed by atoms with E-state index in [1.54, 1.807) is 0 Å². The van der Waals surface area contributed by atoms with Gasteiger partial charge in [-0.3, -0.25) is 0 Å². The van der Waals surface area contributed by atoms with Gasteiger partial charge in [0.05, 0.1) is 16.1 Å². The Bertz CT molecular complexity index is 904. The summed E-state index contributed by atoms with van der Waals surface area (Å²) in [6.07, 6.45) is -2.73. The molecule has 1 fully saturated rings. The number of benzene rings is 1. The molecule has 7 nitrogen and oxygen atoms in total. The van der Waals surface area contributed by atoms with Gasteiger partial charge in [-0.1, -0.05) is 0 Å². The fraction of sp³-hybridized carbons (Fsp3) is 0.500. The summed E-state index contributed by atoms with van der Waals surface area (Å²) >= 11 is 0. The van der Waals surface area contributed by atoms with Crippen LogP contribution in [0.25, 0.3) is 0 Å². The van der Waals surface area contributed by atoms with E-state index in [2.05, 4.69) is 10.0 Å². The maximum atomic E-state index is 13.2. The molecule has 1 saturated carbocycles. The molecule has 0 bridgehead atoms. The average molecular weight is 385 g/mol. The minimum absolute atomic E-state index is 0.282. The van der Waals surface area contributed by atoms with Crippen molar-refractivity contribution in [2.24, 2.45) is 5.14 Å². The van der Waals surface area contributed by atoms with Crippen molar-refractivity contribution in [1.82, 2.24) is 4.72 Å². The number of nitrogens with one attached hydrogen (secondary N) is 2. The lowest BCUT2D eigenvalue weighted by Crippen LogP contribution is -2.55. The van der Waals surface area contributed by atoms with Crippen LogP contribution in [0.15, 0.2) is 21.9 Å². The molecule has 4 N–H and O–H groups in total. The van der Waals surface area contributed by atoms with Gasteiger partial charge in [0.1, 0.15) is 10.6 Å². The van der Waals surface area contributed by atoms with Crippen molar-refractivity contribution in [2.75, 3.05) is 5.32 Å². The van der Waals surface area contributed by atoms with Crippen LogP contribution in [0.1, 0.15) is 31.2 Å². The Kier molecular flexibility index (Phi) is 3.68. The monoisotopic (exact) mass is 385 g/mol. The summed E-state index contributed by atoms with van der Waals surface area (Å²) in [6, 6.07) is 0.943. The van der Waals surface area contributed by atoms with Crippen LogP contribution in [0.3, 0.4) is 0 Å². The highest BCUT2D eigenvalue weighted by Crippen LogP contribution is 2.43. The van der Waals surface area contributed by atoms with Crippen molar-refractivity contribution in [3.63, 3.8) is 0 Å². The summed E-state index contributed by atoms with van der Waals surface area (Å²) in [5, 5.41) is 7.62. The molecule has 3 rings (SSSR count). The fourth-order valence-corrected chi connectivity index (χ4v) is 5.53. The molecule has 1 aromatic carbocycles. The first-order valence-electron chi connectivity index (χ1n) is 6.94. The third-order valence-corrected chi connectivity index (χ3v) is 6.67. The Morgan fingerprint density at radius 1 is 1.17 bits per heavy atom. The largest absolute Gasteiger partial charge is 0.417 e. The predicted molar refractivity (Wildman–Crippen MR) is 78.0 cm³/mol. The summed E-state index contributed by atoms with van der Waals surface area (Å²) in [5.74, 6) is 0. The van der Waals surface area contributed by atoms with Crippen LogP contribution < -0.4 is 15.2 Å². The number of hydrogen-bond acceptors (Lipinski definition) is 5. The summed E-state index contributed by atoms with van der Waals surface area (Å²) in [5.41, 5.74) is -2.82. The van der Waals surface area contributed by atoms with Gasteiger partial charge in [-0.05, 0) is 37.8 Å². The molecule has 1 aliphatic carbocycles. The van der Waals surface area contributed by atoms with Crippen molar-refractivity contribution >= 4 is 25.7 Å². The number of nitrogens with two attached hydrogens (primary N) is 1. The van der Waals surface area contributed by atoms with Crippen molar-refractivity contribution in [2.45, 2.75) is 47.3 Å². The van der Waals surface area contributed by atoms with Crippen LogP contribution in [0.4, 0.5) is 18.9 Å². The van der Waals surface area contributed by atoms with E-state index in [0.29, 0.717) is 37.8 Å². The van der Waals surface area contributed by atoms with Crippen LogP contribution in [0.2, 0.25) is 0 Å². The number of rotatable bonds is 1. The van der Waals surface area contributed by atoms with Gasteiger partial charge in [-0.2, -0.15) is 17.9 Å². The molecule has 0 radical (unpaired) electrons. The number of fused-ring (bicyclic) bond motifs is 1. The van der Waals surface area contributed by atoms with Gasteiger partial charge in [0, 0.05) is 0 Å². The van der Waals surface area contributed by atoms with Gasteiger partial charge < -0.3 is 5.32 Å². The van der Waals surface area contributed by atoms with Crippen molar-refractivity contribution in [3.8, 4) is 0 Å². The second-order valence-electron chi connectivity index (χ2n) is 5.91. The highest BCUT2D eigenvalue weighted by atomic mass is 32.2. The Morgan fingerprint density at radius 2 is 1.75 bits per heavy atom. The zero-order valence-electron chi connectivity index (χ0n) is 12.1. The quantitative estimate of drug-likeness (QED) is 0.674. The zero-order chi connectivity index (χ0) is 18.0. The topological polar surface area (TPSA) is 118 Å². The van der Waals surface area contributed by atoms with Crippen LogP contribution >= 0.6 is 0 Å². The van der Waals surface area contributed by atoms with Crippen LogP contribution in [-0.2, 0) is 26.2 Å². The number of anilines is 1. The lowest BCUT2D eigenvalue weighted by atomic mass is 10.1. The van der Waals surface area contributed by atoms with Gasteiger partial charge >= 0.3 is 6.18 Å². The average Bonchev–Trinajstić information content (AvgIpc) is 2.82. The van der Waals surface area contributed by atoms with E-state index >= 15 is 0 Å². The van der Waals surface area contributed by atoms with Gasteiger partial charge in [-0.15, -0.1) is 0 Å². The summed E-state index contributed by atoms with van der Waals surface area (Å²) < 4.78 is 89.8.